The van der Waals surface area contributed by atoms with Crippen LogP contribution >= 0.6 is 0 Å². The van der Waals surface area contributed by atoms with E-state index in [0.29, 0.717) is 48.9 Å². The van der Waals surface area contributed by atoms with Gasteiger partial charge >= 0.3 is 0 Å². The van der Waals surface area contributed by atoms with E-state index >= 15 is 0 Å². The molecule has 1 aliphatic rings. The summed E-state index contributed by atoms with van der Waals surface area (Å²) in [5, 5.41) is 2.76. The van der Waals surface area contributed by atoms with Crippen LogP contribution in [0.2, 0.25) is 0 Å². The molecule has 6 nitrogen and oxygen atoms in total. The molecule has 0 spiro atoms. The van der Waals surface area contributed by atoms with Crippen molar-refractivity contribution in [3.05, 3.63) is 24.8 Å². The Labute approximate surface area is 117 Å². The SMILES string of the molecule is C=CCOCCCC(=O)Nc1cc2c(cc1N)OCO2. The summed E-state index contributed by atoms with van der Waals surface area (Å²) < 4.78 is 15.7. The van der Waals surface area contributed by atoms with Crippen molar-refractivity contribution in [1.29, 1.82) is 0 Å². The normalized spacial score (nSPS) is 12.2. The third-order valence-electron chi connectivity index (χ3n) is 2.75. The number of ether oxygens (including phenoxy) is 3. The van der Waals surface area contributed by atoms with Crippen LogP contribution in [0.15, 0.2) is 24.8 Å². The molecule has 0 fully saturated rings. The van der Waals surface area contributed by atoms with E-state index in [9.17, 15) is 4.79 Å². The summed E-state index contributed by atoms with van der Waals surface area (Å²) in [4.78, 5) is 11.8. The Kier molecular flexibility index (Phi) is 4.84. The monoisotopic (exact) mass is 278 g/mol. The van der Waals surface area contributed by atoms with Crippen LogP contribution < -0.4 is 20.5 Å². The highest BCUT2D eigenvalue weighted by molar-refractivity contribution is 5.94. The van der Waals surface area contributed by atoms with Gasteiger partial charge in [0.2, 0.25) is 12.7 Å². The minimum Gasteiger partial charge on any atom is -0.454 e. The predicted octanol–water partition coefficient (Wildman–Crippen LogP) is 1.92. The summed E-state index contributed by atoms with van der Waals surface area (Å²) in [6.07, 6.45) is 2.68. The molecule has 20 heavy (non-hydrogen) atoms. The highest BCUT2D eigenvalue weighted by atomic mass is 16.7. The quantitative estimate of drug-likeness (QED) is 0.452. The van der Waals surface area contributed by atoms with Crippen LogP contribution in [0.3, 0.4) is 0 Å². The van der Waals surface area contributed by atoms with E-state index in [-0.39, 0.29) is 12.7 Å². The maximum atomic E-state index is 11.8. The Bertz CT molecular complexity index is 502. The lowest BCUT2D eigenvalue weighted by molar-refractivity contribution is -0.116. The first-order chi connectivity index (χ1) is 9.70. The second kappa shape index (κ2) is 6.81. The number of nitrogens with one attached hydrogen (secondary N) is 1. The maximum absolute atomic E-state index is 11.8. The molecule has 0 saturated carbocycles. The number of hydrogen-bond donors (Lipinski definition) is 2. The molecule has 1 amide bonds. The number of carbonyl (C=O) groups is 1. The zero-order valence-electron chi connectivity index (χ0n) is 11.2. The summed E-state index contributed by atoms with van der Waals surface area (Å²) in [7, 11) is 0. The number of nitrogens with two attached hydrogens (primary N) is 1. The number of rotatable bonds is 7. The molecule has 0 aromatic heterocycles. The van der Waals surface area contributed by atoms with Crippen molar-refractivity contribution in [2.24, 2.45) is 0 Å². The number of hydrogen-bond acceptors (Lipinski definition) is 5. The average Bonchev–Trinajstić information content (AvgIpc) is 2.86. The number of benzene rings is 1. The molecule has 108 valence electrons. The molecular weight excluding hydrogens is 260 g/mol. The van der Waals surface area contributed by atoms with Crippen molar-refractivity contribution in [3.8, 4) is 11.5 Å². The van der Waals surface area contributed by atoms with Crippen molar-refractivity contribution in [1.82, 2.24) is 0 Å². The first kappa shape index (κ1) is 14.2. The van der Waals surface area contributed by atoms with Gasteiger partial charge in [0.15, 0.2) is 11.5 Å². The number of fused-ring (bicyclic) bond motifs is 1. The topological polar surface area (TPSA) is 82.8 Å². The Morgan fingerprint density at radius 2 is 2.20 bits per heavy atom. The second-order valence-electron chi connectivity index (χ2n) is 4.31. The minimum atomic E-state index is -0.113. The lowest BCUT2D eigenvalue weighted by Gasteiger charge is -2.09. The van der Waals surface area contributed by atoms with Crippen LogP contribution in [-0.2, 0) is 9.53 Å². The standard InChI is InChI=1S/C14H18N2O4/c1-2-5-18-6-3-4-14(17)16-11-8-13-12(7-10(11)15)19-9-20-13/h2,7-8H,1,3-6,9,15H2,(H,16,17). The van der Waals surface area contributed by atoms with Crippen molar-refractivity contribution in [2.45, 2.75) is 12.8 Å². The van der Waals surface area contributed by atoms with Gasteiger partial charge in [-0.15, -0.1) is 6.58 Å². The lowest BCUT2D eigenvalue weighted by Crippen LogP contribution is -2.13. The summed E-state index contributed by atoms with van der Waals surface area (Å²) >= 11 is 0. The fourth-order valence-corrected chi connectivity index (χ4v) is 1.78. The third-order valence-corrected chi connectivity index (χ3v) is 2.75. The van der Waals surface area contributed by atoms with Gasteiger partial charge in [-0.05, 0) is 6.42 Å². The van der Waals surface area contributed by atoms with Crippen LogP contribution in [-0.4, -0.2) is 25.9 Å². The van der Waals surface area contributed by atoms with Gasteiger partial charge in [0.1, 0.15) is 0 Å². The van der Waals surface area contributed by atoms with Crippen LogP contribution in [0.5, 0.6) is 11.5 Å². The Hall–Kier alpha value is -2.21. The van der Waals surface area contributed by atoms with E-state index in [4.69, 9.17) is 19.9 Å². The van der Waals surface area contributed by atoms with Crippen LogP contribution in [0, 0.1) is 0 Å². The summed E-state index contributed by atoms with van der Waals surface area (Å²) in [6, 6.07) is 3.31. The van der Waals surface area contributed by atoms with Crippen molar-refractivity contribution in [2.75, 3.05) is 31.1 Å². The number of amides is 1. The van der Waals surface area contributed by atoms with Crippen LogP contribution in [0.4, 0.5) is 11.4 Å². The van der Waals surface area contributed by atoms with Crippen molar-refractivity contribution >= 4 is 17.3 Å². The third kappa shape index (κ3) is 3.64. The van der Waals surface area contributed by atoms with E-state index in [2.05, 4.69) is 11.9 Å². The van der Waals surface area contributed by atoms with E-state index in [1.165, 1.54) is 0 Å². The largest absolute Gasteiger partial charge is 0.454 e. The van der Waals surface area contributed by atoms with E-state index < -0.39 is 0 Å². The van der Waals surface area contributed by atoms with Crippen LogP contribution in [0.1, 0.15) is 12.8 Å². The first-order valence-electron chi connectivity index (χ1n) is 6.38. The molecule has 1 heterocycles. The molecule has 1 aliphatic heterocycles. The van der Waals surface area contributed by atoms with Gasteiger partial charge in [-0.3, -0.25) is 4.79 Å². The molecule has 3 N–H and O–H groups in total. The zero-order valence-corrected chi connectivity index (χ0v) is 11.2. The molecule has 2 rings (SSSR count). The summed E-state index contributed by atoms with van der Waals surface area (Å²) in [5.41, 5.74) is 6.83. The lowest BCUT2D eigenvalue weighted by atomic mass is 10.2. The number of anilines is 2. The van der Waals surface area contributed by atoms with Crippen molar-refractivity contribution in [3.63, 3.8) is 0 Å². The molecule has 0 aliphatic carbocycles. The fraction of sp³-hybridized carbons (Fsp3) is 0.357. The molecule has 0 radical (unpaired) electrons. The van der Waals surface area contributed by atoms with Gasteiger partial charge in [0.25, 0.3) is 0 Å². The fourth-order valence-electron chi connectivity index (χ4n) is 1.78. The molecule has 1 aromatic carbocycles. The molecule has 0 atom stereocenters. The van der Waals surface area contributed by atoms with Crippen molar-refractivity contribution < 1.29 is 19.0 Å². The predicted molar refractivity (Wildman–Crippen MR) is 75.9 cm³/mol. The van der Waals surface area contributed by atoms with Gasteiger partial charge in [0.05, 0.1) is 18.0 Å². The molecular formula is C14H18N2O4. The van der Waals surface area contributed by atoms with Gasteiger partial charge in [-0.25, -0.2) is 0 Å². The Morgan fingerprint density at radius 1 is 1.45 bits per heavy atom. The highest BCUT2D eigenvalue weighted by Crippen LogP contribution is 2.38. The van der Waals surface area contributed by atoms with E-state index in [1.54, 1.807) is 18.2 Å². The number of nitrogen functional groups attached to an aromatic ring is 1. The van der Waals surface area contributed by atoms with Gasteiger partial charge in [-0.1, -0.05) is 6.08 Å². The van der Waals surface area contributed by atoms with Gasteiger partial charge in [0, 0.05) is 25.2 Å². The Balaban J connectivity index is 1.83. The van der Waals surface area contributed by atoms with Crippen LogP contribution in [0.25, 0.3) is 0 Å². The molecule has 6 heteroatoms. The van der Waals surface area contributed by atoms with E-state index in [0.717, 1.165) is 0 Å². The highest BCUT2D eigenvalue weighted by Gasteiger charge is 2.17. The number of carbonyl (C=O) groups excluding carboxylic acids is 1. The smallest absolute Gasteiger partial charge is 0.231 e. The van der Waals surface area contributed by atoms with E-state index in [1.807, 2.05) is 0 Å². The Morgan fingerprint density at radius 3 is 2.95 bits per heavy atom. The molecule has 0 unspecified atom stereocenters. The zero-order chi connectivity index (χ0) is 14.4. The summed E-state index contributed by atoms with van der Waals surface area (Å²) in [6.45, 7) is 4.74. The van der Waals surface area contributed by atoms with Gasteiger partial charge < -0.3 is 25.3 Å². The first-order valence-corrected chi connectivity index (χ1v) is 6.38. The maximum Gasteiger partial charge on any atom is 0.231 e. The molecule has 1 aromatic rings. The molecule has 0 saturated heterocycles. The van der Waals surface area contributed by atoms with Gasteiger partial charge in [-0.2, -0.15) is 0 Å². The average molecular weight is 278 g/mol. The second-order valence-corrected chi connectivity index (χ2v) is 4.31. The summed E-state index contributed by atoms with van der Waals surface area (Å²) in [5.74, 6) is 1.07. The minimum absolute atomic E-state index is 0.113. The molecule has 0 bridgehead atoms.